The zero-order valence-corrected chi connectivity index (χ0v) is 15.5. The molecule has 2 aromatic carbocycles. The molecule has 0 bridgehead atoms. The Morgan fingerprint density at radius 1 is 1.15 bits per heavy atom. The van der Waals surface area contributed by atoms with Gasteiger partial charge in [0.25, 0.3) is 5.91 Å². The number of aromatic nitrogens is 2. The summed E-state index contributed by atoms with van der Waals surface area (Å²) in [5.74, 6) is 1.20. The van der Waals surface area contributed by atoms with E-state index in [1.165, 1.54) is 12.0 Å². The van der Waals surface area contributed by atoms with Gasteiger partial charge in [0.15, 0.2) is 6.10 Å². The van der Waals surface area contributed by atoms with Crippen LogP contribution in [0.2, 0.25) is 0 Å². The van der Waals surface area contributed by atoms with Crippen molar-refractivity contribution >= 4 is 5.91 Å². The van der Waals surface area contributed by atoms with Gasteiger partial charge in [-0.1, -0.05) is 37.3 Å². The summed E-state index contributed by atoms with van der Waals surface area (Å²) in [6, 6.07) is 17.4. The standard InChI is InChI=1S/C21H23N3O3/c1-3-16(17-7-5-4-6-8-17)13-22-20(25)15(2)27-19-11-9-18(10-12-19)21-24-23-14-26-21/h4-12,14-16H,3,13H2,1-2H3,(H,22,25)/t15-,16-/m0/s1. The summed E-state index contributed by atoms with van der Waals surface area (Å²) in [5.41, 5.74) is 2.02. The molecule has 0 aliphatic carbocycles. The van der Waals surface area contributed by atoms with E-state index in [4.69, 9.17) is 9.15 Å². The van der Waals surface area contributed by atoms with E-state index in [0.29, 0.717) is 18.2 Å². The molecule has 27 heavy (non-hydrogen) atoms. The van der Waals surface area contributed by atoms with E-state index in [1.54, 1.807) is 19.1 Å². The molecular weight excluding hydrogens is 342 g/mol. The molecular formula is C21H23N3O3. The molecule has 0 aliphatic heterocycles. The third kappa shape index (κ3) is 4.94. The van der Waals surface area contributed by atoms with Crippen LogP contribution in [0.4, 0.5) is 0 Å². The number of amides is 1. The van der Waals surface area contributed by atoms with Gasteiger partial charge in [-0.3, -0.25) is 4.79 Å². The van der Waals surface area contributed by atoms with Crippen LogP contribution in [0.25, 0.3) is 11.5 Å². The van der Waals surface area contributed by atoms with Crippen molar-refractivity contribution in [3.8, 4) is 17.2 Å². The maximum absolute atomic E-state index is 12.4. The average molecular weight is 365 g/mol. The number of ether oxygens (including phenoxy) is 1. The molecule has 6 heteroatoms. The average Bonchev–Trinajstić information content (AvgIpc) is 3.24. The second-order valence-corrected chi connectivity index (χ2v) is 6.29. The Labute approximate surface area is 158 Å². The van der Waals surface area contributed by atoms with E-state index in [2.05, 4.69) is 34.6 Å². The van der Waals surface area contributed by atoms with Crippen molar-refractivity contribution in [3.05, 3.63) is 66.6 Å². The van der Waals surface area contributed by atoms with Gasteiger partial charge in [-0.2, -0.15) is 0 Å². The molecule has 1 amide bonds. The van der Waals surface area contributed by atoms with E-state index in [0.717, 1.165) is 12.0 Å². The maximum atomic E-state index is 12.4. The quantitative estimate of drug-likeness (QED) is 0.657. The molecule has 1 heterocycles. The molecule has 0 unspecified atom stereocenters. The van der Waals surface area contributed by atoms with E-state index >= 15 is 0 Å². The zero-order valence-electron chi connectivity index (χ0n) is 15.5. The summed E-state index contributed by atoms with van der Waals surface area (Å²) in [5, 5.41) is 10.5. The first-order chi connectivity index (χ1) is 13.2. The molecule has 0 radical (unpaired) electrons. The lowest BCUT2D eigenvalue weighted by molar-refractivity contribution is -0.127. The van der Waals surface area contributed by atoms with Gasteiger partial charge >= 0.3 is 0 Å². The lowest BCUT2D eigenvalue weighted by Crippen LogP contribution is -2.38. The summed E-state index contributed by atoms with van der Waals surface area (Å²) < 4.78 is 10.9. The molecule has 3 aromatic rings. The number of rotatable bonds is 8. The lowest BCUT2D eigenvalue weighted by atomic mass is 9.96. The molecule has 2 atom stereocenters. The first-order valence-electron chi connectivity index (χ1n) is 9.03. The van der Waals surface area contributed by atoms with Gasteiger partial charge in [-0.25, -0.2) is 0 Å². The van der Waals surface area contributed by atoms with Crippen molar-refractivity contribution in [1.29, 1.82) is 0 Å². The Morgan fingerprint density at radius 2 is 1.89 bits per heavy atom. The molecule has 0 aliphatic rings. The molecule has 0 saturated heterocycles. The molecule has 1 N–H and O–H groups in total. The Kier molecular flexibility index (Phi) is 6.20. The summed E-state index contributed by atoms with van der Waals surface area (Å²) >= 11 is 0. The number of carbonyl (C=O) groups excluding carboxylic acids is 1. The third-order valence-corrected chi connectivity index (χ3v) is 4.43. The number of nitrogens with zero attached hydrogens (tertiary/aromatic N) is 2. The number of carbonyl (C=O) groups is 1. The fourth-order valence-corrected chi connectivity index (χ4v) is 2.82. The fraction of sp³-hybridized carbons (Fsp3) is 0.286. The minimum Gasteiger partial charge on any atom is -0.481 e. The second-order valence-electron chi connectivity index (χ2n) is 6.29. The van der Waals surface area contributed by atoms with Gasteiger partial charge in [0.1, 0.15) is 5.75 Å². The van der Waals surface area contributed by atoms with E-state index in [9.17, 15) is 4.79 Å². The Bertz CT molecular complexity index is 833. The summed E-state index contributed by atoms with van der Waals surface area (Å²) in [6.45, 7) is 4.45. The van der Waals surface area contributed by atoms with Crippen molar-refractivity contribution in [2.75, 3.05) is 6.54 Å². The van der Waals surface area contributed by atoms with Crippen LogP contribution in [0.5, 0.6) is 5.75 Å². The topological polar surface area (TPSA) is 77.2 Å². The van der Waals surface area contributed by atoms with Crippen LogP contribution >= 0.6 is 0 Å². The summed E-state index contributed by atoms with van der Waals surface area (Å²) in [6.07, 6.45) is 1.65. The van der Waals surface area contributed by atoms with Gasteiger partial charge in [0.2, 0.25) is 12.3 Å². The summed E-state index contributed by atoms with van der Waals surface area (Å²) in [4.78, 5) is 12.4. The van der Waals surface area contributed by atoms with Gasteiger partial charge in [0.05, 0.1) is 0 Å². The highest BCUT2D eigenvalue weighted by Crippen LogP contribution is 2.21. The molecule has 1 aromatic heterocycles. The maximum Gasteiger partial charge on any atom is 0.260 e. The van der Waals surface area contributed by atoms with Crippen LogP contribution in [0.1, 0.15) is 31.7 Å². The Morgan fingerprint density at radius 3 is 2.52 bits per heavy atom. The Hall–Kier alpha value is -3.15. The van der Waals surface area contributed by atoms with Crippen molar-refractivity contribution in [2.24, 2.45) is 0 Å². The molecule has 140 valence electrons. The minimum absolute atomic E-state index is 0.134. The molecule has 0 fully saturated rings. The largest absolute Gasteiger partial charge is 0.481 e. The van der Waals surface area contributed by atoms with E-state index in [1.807, 2.05) is 30.3 Å². The SMILES string of the molecule is CC[C@@H](CNC(=O)[C@H](C)Oc1ccc(-c2nnco2)cc1)c1ccccc1. The zero-order chi connectivity index (χ0) is 19.1. The molecule has 0 saturated carbocycles. The van der Waals surface area contributed by atoms with Crippen molar-refractivity contribution in [2.45, 2.75) is 32.3 Å². The van der Waals surface area contributed by atoms with Crippen LogP contribution in [0.3, 0.4) is 0 Å². The first kappa shape index (κ1) is 18.6. The molecule has 0 spiro atoms. The van der Waals surface area contributed by atoms with Crippen LogP contribution < -0.4 is 10.1 Å². The smallest absolute Gasteiger partial charge is 0.260 e. The van der Waals surface area contributed by atoms with Crippen molar-refractivity contribution in [3.63, 3.8) is 0 Å². The van der Waals surface area contributed by atoms with Gasteiger partial charge in [-0.05, 0) is 43.2 Å². The third-order valence-electron chi connectivity index (χ3n) is 4.43. The van der Waals surface area contributed by atoms with Crippen LogP contribution in [0, 0.1) is 0 Å². The lowest BCUT2D eigenvalue weighted by Gasteiger charge is -2.19. The molecule has 3 rings (SSSR count). The fourth-order valence-electron chi connectivity index (χ4n) is 2.82. The van der Waals surface area contributed by atoms with Crippen LogP contribution in [0.15, 0.2) is 65.4 Å². The van der Waals surface area contributed by atoms with E-state index in [-0.39, 0.29) is 11.8 Å². The predicted octanol–water partition coefficient (Wildman–Crippen LogP) is 3.81. The minimum atomic E-state index is -0.590. The van der Waals surface area contributed by atoms with Crippen LogP contribution in [-0.4, -0.2) is 28.8 Å². The first-order valence-corrected chi connectivity index (χ1v) is 9.03. The van der Waals surface area contributed by atoms with Crippen molar-refractivity contribution < 1.29 is 13.9 Å². The number of hydrogen-bond acceptors (Lipinski definition) is 5. The predicted molar refractivity (Wildman–Crippen MR) is 102 cm³/mol. The normalized spacial score (nSPS) is 13.0. The number of benzene rings is 2. The number of hydrogen-bond donors (Lipinski definition) is 1. The summed E-state index contributed by atoms with van der Waals surface area (Å²) in [7, 11) is 0. The van der Waals surface area contributed by atoms with Crippen LogP contribution in [-0.2, 0) is 4.79 Å². The van der Waals surface area contributed by atoms with Gasteiger partial charge in [-0.15, -0.1) is 10.2 Å². The Balaban J connectivity index is 1.53. The highest BCUT2D eigenvalue weighted by molar-refractivity contribution is 5.80. The number of nitrogens with one attached hydrogen (secondary N) is 1. The van der Waals surface area contributed by atoms with Gasteiger partial charge in [0, 0.05) is 18.0 Å². The van der Waals surface area contributed by atoms with Crippen molar-refractivity contribution in [1.82, 2.24) is 15.5 Å². The highest BCUT2D eigenvalue weighted by Gasteiger charge is 2.17. The van der Waals surface area contributed by atoms with Gasteiger partial charge < -0.3 is 14.5 Å². The molecule has 6 nitrogen and oxygen atoms in total. The van der Waals surface area contributed by atoms with E-state index < -0.39 is 6.10 Å². The monoisotopic (exact) mass is 365 g/mol. The highest BCUT2D eigenvalue weighted by atomic mass is 16.5. The second kappa shape index (κ2) is 8.98.